The van der Waals surface area contributed by atoms with Crippen molar-refractivity contribution in [2.45, 2.75) is 60.8 Å². The average Bonchev–Trinajstić information content (AvgIpc) is 2.95. The van der Waals surface area contributed by atoms with Crippen LogP contribution in [0.3, 0.4) is 0 Å². The number of nitriles is 1. The zero-order valence-electron chi connectivity index (χ0n) is 23.3. The fraction of sp³-hybridized carbons (Fsp3) is 0.419. The summed E-state index contributed by atoms with van der Waals surface area (Å²) in [7, 11) is 0. The Morgan fingerprint density at radius 3 is 2.00 bits per heavy atom. The van der Waals surface area contributed by atoms with Gasteiger partial charge in [0.15, 0.2) is 0 Å². The maximum Gasteiger partial charge on any atom is 0.146 e. The molecule has 3 rings (SSSR count). The first-order chi connectivity index (χ1) is 17.4. The van der Waals surface area contributed by atoms with E-state index >= 15 is 0 Å². The Hall–Kier alpha value is -3.36. The van der Waals surface area contributed by atoms with Crippen molar-refractivity contribution in [1.82, 2.24) is 4.98 Å². The highest BCUT2D eigenvalue weighted by molar-refractivity contribution is 5.60. The predicted molar refractivity (Wildman–Crippen MR) is 157 cm³/mol. The van der Waals surface area contributed by atoms with Crippen LogP contribution in [0.5, 0.6) is 0 Å². The lowest BCUT2D eigenvalue weighted by atomic mass is 9.89. The topological polar surface area (TPSA) is 101 Å². The third-order valence-electron chi connectivity index (χ3n) is 5.79. The number of aromatic nitrogens is 1. The highest BCUT2D eigenvalue weighted by Gasteiger charge is 2.13. The van der Waals surface area contributed by atoms with Crippen molar-refractivity contribution in [1.29, 1.82) is 5.26 Å². The maximum atomic E-state index is 8.55. The summed E-state index contributed by atoms with van der Waals surface area (Å²) in [6, 6.07) is 24.1. The van der Waals surface area contributed by atoms with Gasteiger partial charge in [0.1, 0.15) is 5.82 Å². The minimum Gasteiger partial charge on any atom is -0.382 e. The maximum absolute atomic E-state index is 8.55. The molecule has 0 saturated heterocycles. The van der Waals surface area contributed by atoms with E-state index in [-0.39, 0.29) is 0 Å². The number of hydrogen-bond donors (Lipinski definition) is 3. The van der Waals surface area contributed by atoms with E-state index in [0.717, 1.165) is 18.7 Å². The van der Waals surface area contributed by atoms with Crippen molar-refractivity contribution in [3.63, 3.8) is 0 Å². The molecule has 1 heterocycles. The Morgan fingerprint density at radius 2 is 1.47 bits per heavy atom. The first-order valence-corrected chi connectivity index (χ1v) is 13.1. The normalized spacial score (nSPS) is 12.0. The predicted octanol–water partition coefficient (Wildman–Crippen LogP) is 7.26. The highest BCUT2D eigenvalue weighted by Crippen LogP contribution is 2.20. The largest absolute Gasteiger partial charge is 0.382 e. The molecule has 0 spiro atoms. The molecule has 0 aliphatic rings. The summed E-state index contributed by atoms with van der Waals surface area (Å²) in [4.78, 5) is 4.08. The van der Waals surface area contributed by atoms with Gasteiger partial charge in [0, 0.05) is 12.7 Å². The molecule has 5 heteroatoms. The Morgan fingerprint density at radius 1 is 0.861 bits per heavy atom. The van der Waals surface area contributed by atoms with Gasteiger partial charge in [-0.15, -0.1) is 0 Å². The monoisotopic (exact) mass is 489 g/mol. The number of benzene rings is 2. The van der Waals surface area contributed by atoms with Gasteiger partial charge >= 0.3 is 0 Å². The summed E-state index contributed by atoms with van der Waals surface area (Å²) in [5.74, 6) is 2.12. The van der Waals surface area contributed by atoms with Crippen LogP contribution in [0.4, 0.5) is 11.5 Å². The molecule has 5 N–H and O–H groups in total. The van der Waals surface area contributed by atoms with Crippen LogP contribution in [0.25, 0.3) is 0 Å². The van der Waals surface area contributed by atoms with Crippen molar-refractivity contribution < 1.29 is 0 Å². The lowest BCUT2D eigenvalue weighted by Gasteiger charge is -2.21. The molecule has 0 fully saturated rings. The molecule has 0 aliphatic carbocycles. The molecule has 36 heavy (non-hydrogen) atoms. The van der Waals surface area contributed by atoms with E-state index in [0.29, 0.717) is 35.7 Å². The number of hydrogen-bond acceptors (Lipinski definition) is 5. The first-order valence-electron chi connectivity index (χ1n) is 13.1. The smallest absolute Gasteiger partial charge is 0.146 e. The fourth-order valence-electron chi connectivity index (χ4n) is 3.25. The molecule has 3 unspecified atom stereocenters. The van der Waals surface area contributed by atoms with Crippen molar-refractivity contribution >= 4 is 11.5 Å². The van der Waals surface area contributed by atoms with Gasteiger partial charge in [-0.1, -0.05) is 90.9 Å². The van der Waals surface area contributed by atoms with Crippen LogP contribution in [-0.2, 0) is 6.42 Å². The zero-order chi connectivity index (χ0) is 27.3. The summed E-state index contributed by atoms with van der Waals surface area (Å²) in [5.41, 5.74) is 15.5. The SMILES string of the molecule is CC.CC.CC(CN)c1ccc(C#N)cc1.CC(CNc1cccnc1N)C(C)Cc1ccccc1. The number of nitrogen functional groups attached to an aromatic ring is 1. The first kappa shape index (κ1) is 32.6. The molecule has 0 radical (unpaired) electrons. The number of anilines is 2. The molecule has 2 aromatic carbocycles. The van der Waals surface area contributed by atoms with Crippen LogP contribution in [0.15, 0.2) is 72.9 Å². The number of rotatable bonds is 8. The fourth-order valence-corrected chi connectivity index (χ4v) is 3.25. The van der Waals surface area contributed by atoms with Gasteiger partial charge in [-0.2, -0.15) is 5.26 Å². The quantitative estimate of drug-likeness (QED) is 0.309. The van der Waals surface area contributed by atoms with E-state index in [1.807, 2.05) is 64.1 Å². The van der Waals surface area contributed by atoms with Gasteiger partial charge in [-0.3, -0.25) is 0 Å². The van der Waals surface area contributed by atoms with Gasteiger partial charge < -0.3 is 16.8 Å². The molecular formula is C31H47N5. The molecule has 5 nitrogen and oxygen atoms in total. The van der Waals surface area contributed by atoms with Gasteiger partial charge in [0.25, 0.3) is 0 Å². The average molecular weight is 490 g/mol. The lowest BCUT2D eigenvalue weighted by Crippen LogP contribution is -2.20. The van der Waals surface area contributed by atoms with E-state index in [1.165, 1.54) is 11.1 Å². The molecule has 0 aliphatic heterocycles. The van der Waals surface area contributed by atoms with Crippen LogP contribution in [0.2, 0.25) is 0 Å². The molecule has 1 aromatic heterocycles. The summed E-state index contributed by atoms with van der Waals surface area (Å²) in [5, 5.41) is 11.9. The summed E-state index contributed by atoms with van der Waals surface area (Å²) in [6.45, 7) is 16.2. The van der Waals surface area contributed by atoms with Crippen LogP contribution < -0.4 is 16.8 Å². The zero-order valence-corrected chi connectivity index (χ0v) is 23.3. The molecule has 3 atom stereocenters. The Kier molecular flexibility index (Phi) is 18.0. The number of nitrogens with zero attached hydrogens (tertiary/aromatic N) is 2. The second-order valence-electron chi connectivity index (χ2n) is 8.33. The van der Waals surface area contributed by atoms with E-state index in [4.69, 9.17) is 16.7 Å². The van der Waals surface area contributed by atoms with Crippen molar-refractivity contribution in [3.8, 4) is 6.07 Å². The van der Waals surface area contributed by atoms with E-state index in [9.17, 15) is 0 Å². The molecular weight excluding hydrogens is 442 g/mol. The van der Waals surface area contributed by atoms with Gasteiger partial charge in [0.2, 0.25) is 0 Å². The third kappa shape index (κ3) is 12.4. The number of nitrogens with one attached hydrogen (secondary N) is 1. The highest BCUT2D eigenvalue weighted by atomic mass is 14.9. The van der Waals surface area contributed by atoms with E-state index in [2.05, 4.69) is 67.5 Å². The van der Waals surface area contributed by atoms with Crippen LogP contribution in [-0.4, -0.2) is 18.1 Å². The minimum absolute atomic E-state index is 0.373. The van der Waals surface area contributed by atoms with E-state index < -0.39 is 0 Å². The molecule has 196 valence electrons. The molecule has 0 bridgehead atoms. The summed E-state index contributed by atoms with van der Waals surface area (Å²) >= 11 is 0. The van der Waals surface area contributed by atoms with Crippen LogP contribution >= 0.6 is 0 Å². The molecule has 0 saturated carbocycles. The van der Waals surface area contributed by atoms with Crippen LogP contribution in [0.1, 0.15) is 71.1 Å². The number of pyridine rings is 1. The van der Waals surface area contributed by atoms with Crippen molar-refractivity contribution in [2.75, 3.05) is 24.1 Å². The van der Waals surface area contributed by atoms with Gasteiger partial charge in [-0.05, 0) is 66.1 Å². The molecule has 0 amide bonds. The van der Waals surface area contributed by atoms with Crippen molar-refractivity contribution in [3.05, 3.63) is 89.6 Å². The summed E-state index contributed by atoms with van der Waals surface area (Å²) < 4.78 is 0. The second-order valence-corrected chi connectivity index (χ2v) is 8.33. The minimum atomic E-state index is 0.373. The third-order valence-corrected chi connectivity index (χ3v) is 5.79. The lowest BCUT2D eigenvalue weighted by molar-refractivity contribution is 0.403. The van der Waals surface area contributed by atoms with Gasteiger partial charge in [0.05, 0.1) is 17.3 Å². The van der Waals surface area contributed by atoms with Crippen molar-refractivity contribution in [2.24, 2.45) is 17.6 Å². The Labute approximate surface area is 220 Å². The second kappa shape index (κ2) is 19.9. The van der Waals surface area contributed by atoms with E-state index in [1.54, 1.807) is 6.20 Å². The standard InChI is InChI=1S/C17H23N3.C10H12N2.2C2H6/c1-13(11-15-7-4-3-5-8-15)14(2)12-20-16-9-6-10-19-17(16)18;1-8(6-11)10-4-2-9(7-12)3-5-10;2*1-2/h3-10,13-14,20H,11-12H2,1-2H3,(H2,18,19);2-5,8H,6,11H2,1H3;2*1-2H3. The Balaban J connectivity index is 0.000000655. The Bertz CT molecular complexity index is 964. The van der Waals surface area contributed by atoms with Crippen LogP contribution in [0, 0.1) is 23.2 Å². The van der Waals surface area contributed by atoms with Gasteiger partial charge in [-0.25, -0.2) is 4.98 Å². The number of nitrogens with two attached hydrogens (primary N) is 2. The molecule has 3 aromatic rings. The summed E-state index contributed by atoms with van der Waals surface area (Å²) in [6.07, 6.45) is 2.81.